The number of hydrogen-bond donors (Lipinski definition) is 2. The zero-order valence-corrected chi connectivity index (χ0v) is 18.4. The second-order valence-corrected chi connectivity index (χ2v) is 7.62. The molecule has 0 aliphatic carbocycles. The minimum absolute atomic E-state index is 0.462. The van der Waals surface area contributed by atoms with E-state index in [1.165, 1.54) is 11.1 Å². The fourth-order valence-electron chi connectivity index (χ4n) is 3.83. The van der Waals surface area contributed by atoms with Crippen molar-refractivity contribution in [3.63, 3.8) is 0 Å². The van der Waals surface area contributed by atoms with Crippen LogP contribution >= 0.6 is 0 Å². The summed E-state index contributed by atoms with van der Waals surface area (Å²) in [7, 11) is 5.15. The number of ether oxygens (including phenoxy) is 2. The maximum atomic E-state index is 5.39. The van der Waals surface area contributed by atoms with Gasteiger partial charge in [0.05, 0.1) is 14.2 Å². The van der Waals surface area contributed by atoms with E-state index >= 15 is 0 Å². The summed E-state index contributed by atoms with van der Waals surface area (Å²) in [5.74, 6) is 2.39. The number of benzene rings is 2. The quantitative estimate of drug-likeness (QED) is 0.517. The van der Waals surface area contributed by atoms with E-state index in [1.54, 1.807) is 14.2 Å². The summed E-state index contributed by atoms with van der Waals surface area (Å²) in [6.07, 6.45) is 3.14. The van der Waals surface area contributed by atoms with Gasteiger partial charge in [0.15, 0.2) is 17.5 Å². The topological polar surface area (TPSA) is 58.1 Å². The van der Waals surface area contributed by atoms with Crippen LogP contribution in [-0.2, 0) is 13.0 Å². The second kappa shape index (κ2) is 11.5. The summed E-state index contributed by atoms with van der Waals surface area (Å²) >= 11 is 0. The Kier molecular flexibility index (Phi) is 8.39. The molecule has 2 aromatic carbocycles. The van der Waals surface area contributed by atoms with Crippen LogP contribution < -0.4 is 20.1 Å². The number of nitrogens with zero attached hydrogens (tertiary/aromatic N) is 2. The highest BCUT2D eigenvalue weighted by atomic mass is 16.5. The average molecular weight is 411 g/mol. The number of methoxy groups -OCH3 is 2. The average Bonchev–Trinajstić information content (AvgIpc) is 2.80. The zero-order chi connectivity index (χ0) is 21.2. The summed E-state index contributed by atoms with van der Waals surface area (Å²) in [5, 5.41) is 7.02. The normalized spacial score (nSPS) is 15.6. The van der Waals surface area contributed by atoms with Crippen molar-refractivity contribution in [2.24, 2.45) is 4.99 Å². The molecule has 6 nitrogen and oxygen atoms in total. The third kappa shape index (κ3) is 6.39. The van der Waals surface area contributed by atoms with Crippen molar-refractivity contribution in [3.8, 4) is 11.5 Å². The van der Waals surface area contributed by atoms with Gasteiger partial charge >= 0.3 is 0 Å². The summed E-state index contributed by atoms with van der Waals surface area (Å²) < 4.78 is 10.7. The first-order valence-electron chi connectivity index (χ1n) is 10.7. The van der Waals surface area contributed by atoms with Gasteiger partial charge in [-0.25, -0.2) is 0 Å². The highest BCUT2D eigenvalue weighted by Crippen LogP contribution is 2.27. The maximum Gasteiger partial charge on any atom is 0.191 e. The molecule has 162 valence electrons. The number of likely N-dealkylation sites (tertiary alicyclic amines) is 1. The first-order chi connectivity index (χ1) is 14.7. The van der Waals surface area contributed by atoms with E-state index in [4.69, 9.17) is 9.47 Å². The van der Waals surface area contributed by atoms with E-state index in [9.17, 15) is 0 Å². The molecule has 1 fully saturated rings. The largest absolute Gasteiger partial charge is 0.493 e. The Balaban J connectivity index is 1.40. The highest BCUT2D eigenvalue weighted by Gasteiger charge is 2.20. The molecule has 0 spiro atoms. The molecule has 2 N–H and O–H groups in total. The van der Waals surface area contributed by atoms with Crippen LogP contribution in [-0.4, -0.2) is 57.8 Å². The molecule has 6 heteroatoms. The Bertz CT molecular complexity index is 802. The van der Waals surface area contributed by atoms with E-state index in [0.717, 1.165) is 62.9 Å². The van der Waals surface area contributed by atoms with Crippen LogP contribution in [0.15, 0.2) is 53.5 Å². The lowest BCUT2D eigenvalue weighted by Gasteiger charge is -2.33. The Morgan fingerprint density at radius 2 is 1.73 bits per heavy atom. The van der Waals surface area contributed by atoms with Gasteiger partial charge in [0.1, 0.15) is 0 Å². The van der Waals surface area contributed by atoms with Gasteiger partial charge in [-0.2, -0.15) is 0 Å². The second-order valence-electron chi connectivity index (χ2n) is 7.62. The minimum Gasteiger partial charge on any atom is -0.493 e. The Morgan fingerprint density at radius 1 is 1.00 bits per heavy atom. The van der Waals surface area contributed by atoms with E-state index in [0.29, 0.717) is 6.04 Å². The molecular weight excluding hydrogens is 376 g/mol. The maximum absolute atomic E-state index is 5.39. The highest BCUT2D eigenvalue weighted by molar-refractivity contribution is 5.79. The molecule has 0 unspecified atom stereocenters. The summed E-state index contributed by atoms with van der Waals surface area (Å²) in [4.78, 5) is 6.93. The lowest BCUT2D eigenvalue weighted by atomic mass is 10.0. The molecule has 1 aliphatic heterocycles. The first-order valence-corrected chi connectivity index (χ1v) is 10.7. The predicted octanol–water partition coefficient (Wildman–Crippen LogP) is 3.08. The summed E-state index contributed by atoms with van der Waals surface area (Å²) in [6.45, 7) is 4.05. The number of guanidine groups is 1. The molecule has 2 aromatic rings. The zero-order valence-electron chi connectivity index (χ0n) is 18.4. The standard InChI is InChI=1S/C24H34N4O2/c1-25-24(26-14-11-19-9-10-22(29-2)23(17-19)30-3)27-21-12-15-28(16-13-21)18-20-7-5-4-6-8-20/h4-10,17,21H,11-16,18H2,1-3H3,(H2,25,26,27). The van der Waals surface area contributed by atoms with Crippen molar-refractivity contribution in [2.75, 3.05) is 40.9 Å². The number of nitrogens with one attached hydrogen (secondary N) is 2. The van der Waals surface area contributed by atoms with Crippen molar-refractivity contribution in [1.29, 1.82) is 0 Å². The molecule has 0 bridgehead atoms. The summed E-state index contributed by atoms with van der Waals surface area (Å²) in [5.41, 5.74) is 2.58. The SMILES string of the molecule is CN=C(NCCc1ccc(OC)c(OC)c1)NC1CCN(Cc2ccccc2)CC1. The molecule has 1 heterocycles. The van der Waals surface area contributed by atoms with E-state index < -0.39 is 0 Å². The van der Waals surface area contributed by atoms with Crippen LogP contribution in [0.5, 0.6) is 11.5 Å². The van der Waals surface area contributed by atoms with E-state index in [-0.39, 0.29) is 0 Å². The fourth-order valence-corrected chi connectivity index (χ4v) is 3.83. The molecule has 1 saturated heterocycles. The van der Waals surface area contributed by atoms with Crippen molar-refractivity contribution < 1.29 is 9.47 Å². The molecule has 3 rings (SSSR count). The molecule has 0 aromatic heterocycles. The van der Waals surface area contributed by atoms with Crippen LogP contribution in [0.3, 0.4) is 0 Å². The Morgan fingerprint density at radius 3 is 2.40 bits per heavy atom. The van der Waals surface area contributed by atoms with Crippen molar-refractivity contribution in [2.45, 2.75) is 31.8 Å². The number of aliphatic imine (C=N–C) groups is 1. The van der Waals surface area contributed by atoms with Crippen LogP contribution in [0, 0.1) is 0 Å². The van der Waals surface area contributed by atoms with E-state index in [1.807, 2.05) is 19.2 Å². The number of piperidine rings is 1. The van der Waals surface area contributed by atoms with Crippen LogP contribution in [0.2, 0.25) is 0 Å². The van der Waals surface area contributed by atoms with Crippen molar-refractivity contribution in [3.05, 3.63) is 59.7 Å². The third-order valence-electron chi connectivity index (χ3n) is 5.56. The van der Waals surface area contributed by atoms with Gasteiger partial charge in [-0.3, -0.25) is 9.89 Å². The monoisotopic (exact) mass is 410 g/mol. The molecule has 1 aliphatic rings. The molecule has 0 atom stereocenters. The van der Waals surface area contributed by atoms with Gasteiger partial charge in [0.2, 0.25) is 0 Å². The molecule has 0 saturated carbocycles. The van der Waals surface area contributed by atoms with Crippen molar-refractivity contribution >= 4 is 5.96 Å². The fraction of sp³-hybridized carbons (Fsp3) is 0.458. The Hall–Kier alpha value is -2.73. The smallest absolute Gasteiger partial charge is 0.191 e. The molecule has 0 radical (unpaired) electrons. The Labute approximate surface area is 180 Å². The van der Waals surface area contributed by atoms with Crippen molar-refractivity contribution in [1.82, 2.24) is 15.5 Å². The molecule has 0 amide bonds. The lowest BCUT2D eigenvalue weighted by Crippen LogP contribution is -2.48. The van der Waals surface area contributed by atoms with Gasteiger partial charge in [-0.15, -0.1) is 0 Å². The van der Waals surface area contributed by atoms with Crippen LogP contribution in [0.1, 0.15) is 24.0 Å². The van der Waals surface area contributed by atoms with Crippen LogP contribution in [0.25, 0.3) is 0 Å². The van der Waals surface area contributed by atoms with E-state index in [2.05, 4.69) is 56.9 Å². The minimum atomic E-state index is 0.462. The molecular formula is C24H34N4O2. The van der Waals surface area contributed by atoms with Crippen LogP contribution in [0.4, 0.5) is 0 Å². The number of rotatable bonds is 8. The number of hydrogen-bond acceptors (Lipinski definition) is 4. The van der Waals surface area contributed by atoms with Gasteiger partial charge < -0.3 is 20.1 Å². The van der Waals surface area contributed by atoms with Gasteiger partial charge in [-0.05, 0) is 42.5 Å². The summed E-state index contributed by atoms with van der Waals surface area (Å²) in [6, 6.07) is 17.2. The van der Waals surface area contributed by atoms with Gasteiger partial charge in [-0.1, -0.05) is 36.4 Å². The predicted molar refractivity (Wildman–Crippen MR) is 122 cm³/mol. The van der Waals surface area contributed by atoms with Gasteiger partial charge in [0.25, 0.3) is 0 Å². The molecule has 30 heavy (non-hydrogen) atoms. The lowest BCUT2D eigenvalue weighted by molar-refractivity contribution is 0.198. The third-order valence-corrected chi connectivity index (χ3v) is 5.56. The first kappa shape index (κ1) is 22.0. The van der Waals surface area contributed by atoms with Gasteiger partial charge in [0, 0.05) is 39.3 Å².